The number of allylic oxidation sites excluding steroid dienone is 4. The normalized spacial score (nSPS) is 22.8. The molecule has 0 N–H and O–H groups in total. The fourth-order valence-electron chi connectivity index (χ4n) is 3.31. The second-order valence-electron chi connectivity index (χ2n) is 6.65. The lowest BCUT2D eigenvalue weighted by molar-refractivity contribution is 0.0628. The van der Waals surface area contributed by atoms with Crippen LogP contribution in [0.4, 0.5) is 0 Å². The molecule has 0 atom stereocenters. The quantitative estimate of drug-likeness (QED) is 0.787. The molecule has 0 fully saturated rings. The monoisotopic (exact) mass is 278 g/mol. The standard InChI is InChI=1S/C16H30N4/c1-12-14(3)19(11-17(12)7)9-10-20-15(4)13(2)18(8)16(20,5)6/h9-11H2,1-8H3. The molecule has 0 bridgehead atoms. The van der Waals surface area contributed by atoms with Crippen molar-refractivity contribution in [2.24, 2.45) is 0 Å². The van der Waals surface area contributed by atoms with E-state index in [0.717, 1.165) is 19.8 Å². The first-order valence-electron chi connectivity index (χ1n) is 7.50. The predicted octanol–water partition coefficient (Wildman–Crippen LogP) is 2.68. The van der Waals surface area contributed by atoms with Crippen LogP contribution in [0.5, 0.6) is 0 Å². The third kappa shape index (κ3) is 2.15. The highest BCUT2D eigenvalue weighted by molar-refractivity contribution is 5.20. The van der Waals surface area contributed by atoms with Gasteiger partial charge < -0.3 is 19.6 Å². The van der Waals surface area contributed by atoms with Gasteiger partial charge in [-0.15, -0.1) is 0 Å². The van der Waals surface area contributed by atoms with Gasteiger partial charge in [0.05, 0.1) is 6.67 Å². The molecule has 2 aliphatic rings. The van der Waals surface area contributed by atoms with Crippen molar-refractivity contribution in [1.82, 2.24) is 19.6 Å². The minimum atomic E-state index is 0.0758. The first kappa shape index (κ1) is 15.1. The number of nitrogens with zero attached hydrogens (tertiary/aromatic N) is 4. The molecule has 0 saturated carbocycles. The first-order valence-corrected chi connectivity index (χ1v) is 7.50. The van der Waals surface area contributed by atoms with Gasteiger partial charge in [0.1, 0.15) is 5.66 Å². The minimum absolute atomic E-state index is 0.0758. The average molecular weight is 278 g/mol. The summed E-state index contributed by atoms with van der Waals surface area (Å²) in [5, 5.41) is 0. The molecule has 0 amide bonds. The summed E-state index contributed by atoms with van der Waals surface area (Å²) in [6.45, 7) is 16.7. The van der Waals surface area contributed by atoms with Crippen LogP contribution in [0.3, 0.4) is 0 Å². The Balaban J connectivity index is 2.05. The Labute approximate surface area is 124 Å². The fraction of sp³-hybridized carbons (Fsp3) is 0.750. The Kier molecular flexibility index (Phi) is 3.69. The van der Waals surface area contributed by atoms with Gasteiger partial charge in [-0.05, 0) is 41.5 Å². The summed E-state index contributed by atoms with van der Waals surface area (Å²) in [7, 11) is 4.36. The molecule has 2 rings (SSSR count). The maximum absolute atomic E-state index is 2.53. The van der Waals surface area contributed by atoms with Gasteiger partial charge in [0, 0.05) is 50.0 Å². The van der Waals surface area contributed by atoms with Crippen LogP contribution >= 0.6 is 0 Å². The van der Waals surface area contributed by atoms with Crippen LogP contribution in [0, 0.1) is 0 Å². The zero-order chi connectivity index (χ0) is 15.2. The molecule has 4 nitrogen and oxygen atoms in total. The molecule has 0 saturated heterocycles. The van der Waals surface area contributed by atoms with E-state index in [2.05, 4.69) is 75.2 Å². The van der Waals surface area contributed by atoms with Crippen LogP contribution in [0.2, 0.25) is 0 Å². The molecule has 2 aliphatic heterocycles. The number of hydrogen-bond donors (Lipinski definition) is 0. The smallest absolute Gasteiger partial charge is 0.106 e. The summed E-state index contributed by atoms with van der Waals surface area (Å²) in [4.78, 5) is 9.71. The lowest BCUT2D eigenvalue weighted by Crippen LogP contribution is -2.50. The van der Waals surface area contributed by atoms with Crippen molar-refractivity contribution < 1.29 is 0 Å². The van der Waals surface area contributed by atoms with Gasteiger partial charge in [0.2, 0.25) is 0 Å². The topological polar surface area (TPSA) is 13.0 Å². The molecule has 0 spiro atoms. The van der Waals surface area contributed by atoms with E-state index in [1.165, 1.54) is 22.8 Å². The van der Waals surface area contributed by atoms with Crippen LogP contribution < -0.4 is 0 Å². The van der Waals surface area contributed by atoms with Crippen LogP contribution in [-0.4, -0.2) is 59.1 Å². The van der Waals surface area contributed by atoms with E-state index in [1.807, 2.05) is 0 Å². The summed E-state index contributed by atoms with van der Waals surface area (Å²) < 4.78 is 0. The van der Waals surface area contributed by atoms with Crippen molar-refractivity contribution in [3.63, 3.8) is 0 Å². The summed E-state index contributed by atoms with van der Waals surface area (Å²) in [5.74, 6) is 0. The van der Waals surface area contributed by atoms with Gasteiger partial charge in [-0.3, -0.25) is 0 Å². The second-order valence-corrected chi connectivity index (χ2v) is 6.65. The molecule has 0 unspecified atom stereocenters. The summed E-state index contributed by atoms with van der Waals surface area (Å²) in [5.41, 5.74) is 5.68. The largest absolute Gasteiger partial charge is 0.359 e. The van der Waals surface area contributed by atoms with E-state index in [4.69, 9.17) is 0 Å². The number of hydrogen-bond acceptors (Lipinski definition) is 4. The molecule has 0 aromatic rings. The van der Waals surface area contributed by atoms with Gasteiger partial charge in [-0.1, -0.05) is 0 Å². The summed E-state index contributed by atoms with van der Waals surface area (Å²) in [6.07, 6.45) is 0. The molecule has 114 valence electrons. The van der Waals surface area contributed by atoms with Gasteiger partial charge >= 0.3 is 0 Å². The maximum atomic E-state index is 2.53. The molecule has 0 aliphatic carbocycles. The van der Waals surface area contributed by atoms with Gasteiger partial charge in [0.15, 0.2) is 0 Å². The highest BCUT2D eigenvalue weighted by Gasteiger charge is 2.38. The van der Waals surface area contributed by atoms with Crippen molar-refractivity contribution in [3.8, 4) is 0 Å². The molecule has 0 aromatic carbocycles. The molecule has 2 heterocycles. The van der Waals surface area contributed by atoms with Crippen molar-refractivity contribution >= 4 is 0 Å². The zero-order valence-corrected chi connectivity index (χ0v) is 14.4. The average Bonchev–Trinajstić information content (AvgIpc) is 2.70. The summed E-state index contributed by atoms with van der Waals surface area (Å²) in [6, 6.07) is 0. The third-order valence-corrected chi connectivity index (χ3v) is 5.46. The van der Waals surface area contributed by atoms with E-state index < -0.39 is 0 Å². The lowest BCUT2D eigenvalue weighted by Gasteiger charge is -2.41. The third-order valence-electron chi connectivity index (χ3n) is 5.46. The number of rotatable bonds is 3. The highest BCUT2D eigenvalue weighted by Crippen LogP contribution is 2.35. The van der Waals surface area contributed by atoms with Gasteiger partial charge in [0.25, 0.3) is 0 Å². The Hall–Kier alpha value is -1.32. The van der Waals surface area contributed by atoms with Crippen LogP contribution in [0.1, 0.15) is 41.5 Å². The highest BCUT2D eigenvalue weighted by atomic mass is 15.5. The fourth-order valence-corrected chi connectivity index (χ4v) is 3.31. The lowest BCUT2D eigenvalue weighted by atomic mass is 10.2. The summed E-state index contributed by atoms with van der Waals surface area (Å²) >= 11 is 0. The molecule has 0 aromatic heterocycles. The molecule has 4 heteroatoms. The van der Waals surface area contributed by atoms with Crippen LogP contribution in [-0.2, 0) is 0 Å². The maximum Gasteiger partial charge on any atom is 0.106 e. The van der Waals surface area contributed by atoms with Gasteiger partial charge in [-0.2, -0.15) is 0 Å². The minimum Gasteiger partial charge on any atom is -0.359 e. The Morgan fingerprint density at radius 1 is 0.850 bits per heavy atom. The second kappa shape index (κ2) is 4.90. The molecular formula is C16H30N4. The van der Waals surface area contributed by atoms with Crippen molar-refractivity contribution in [2.45, 2.75) is 47.2 Å². The molecule has 20 heavy (non-hydrogen) atoms. The van der Waals surface area contributed by atoms with Crippen molar-refractivity contribution in [3.05, 3.63) is 22.8 Å². The predicted molar refractivity (Wildman–Crippen MR) is 84.6 cm³/mol. The van der Waals surface area contributed by atoms with E-state index in [-0.39, 0.29) is 5.66 Å². The van der Waals surface area contributed by atoms with E-state index in [0.29, 0.717) is 0 Å². The zero-order valence-electron chi connectivity index (χ0n) is 14.4. The Bertz CT molecular complexity index is 461. The molecular weight excluding hydrogens is 248 g/mol. The van der Waals surface area contributed by atoms with E-state index in [1.54, 1.807) is 0 Å². The van der Waals surface area contributed by atoms with Gasteiger partial charge in [-0.25, -0.2) is 0 Å². The van der Waals surface area contributed by atoms with E-state index in [9.17, 15) is 0 Å². The van der Waals surface area contributed by atoms with Crippen molar-refractivity contribution in [1.29, 1.82) is 0 Å². The van der Waals surface area contributed by atoms with Crippen LogP contribution in [0.15, 0.2) is 22.8 Å². The first-order chi connectivity index (χ1) is 9.17. The van der Waals surface area contributed by atoms with E-state index >= 15 is 0 Å². The Morgan fingerprint density at radius 3 is 1.85 bits per heavy atom. The molecule has 0 radical (unpaired) electrons. The van der Waals surface area contributed by atoms with Crippen molar-refractivity contribution in [2.75, 3.05) is 33.9 Å². The Morgan fingerprint density at radius 2 is 1.45 bits per heavy atom. The van der Waals surface area contributed by atoms with Crippen LogP contribution in [0.25, 0.3) is 0 Å². The SMILES string of the molecule is CC1=C(C)N(CCN2C(C)=C(C)N(C)C2(C)C)CN1C.